The number of aromatic hydroxyl groups is 1. The molecule has 0 spiro atoms. The summed E-state index contributed by atoms with van der Waals surface area (Å²) in [6, 6.07) is 3.47. The summed E-state index contributed by atoms with van der Waals surface area (Å²) >= 11 is 2.06. The van der Waals surface area contributed by atoms with Gasteiger partial charge in [-0.2, -0.15) is 0 Å². The van der Waals surface area contributed by atoms with Gasteiger partial charge in [0.05, 0.1) is 9.67 Å². The first kappa shape index (κ1) is 11.0. The second-order valence-corrected chi connectivity index (χ2v) is 5.50. The van der Waals surface area contributed by atoms with Gasteiger partial charge < -0.3 is 14.9 Å². The van der Waals surface area contributed by atoms with Crippen LogP contribution < -0.4 is 4.74 Å². The molecule has 15 heavy (non-hydrogen) atoms. The number of ether oxygens (including phenoxy) is 1. The van der Waals surface area contributed by atoms with Crippen LogP contribution in [-0.4, -0.2) is 21.9 Å². The summed E-state index contributed by atoms with van der Waals surface area (Å²) in [5.74, 6) is 0.893. The summed E-state index contributed by atoms with van der Waals surface area (Å²) in [5.41, 5.74) is 0.357. The first-order chi connectivity index (χ1) is 6.90. The van der Waals surface area contributed by atoms with Gasteiger partial charge in [0.25, 0.3) is 0 Å². The Morgan fingerprint density at radius 1 is 1.47 bits per heavy atom. The van der Waals surface area contributed by atoms with E-state index in [4.69, 9.17) is 4.74 Å². The number of phenols is 1. The quantitative estimate of drug-likeness (QED) is 0.720. The van der Waals surface area contributed by atoms with Gasteiger partial charge in [-0.05, 0) is 48.1 Å². The van der Waals surface area contributed by atoms with Crippen LogP contribution in [0.3, 0.4) is 0 Å². The molecule has 4 heteroatoms. The number of benzene rings is 1. The lowest BCUT2D eigenvalue weighted by Gasteiger charge is -2.37. The van der Waals surface area contributed by atoms with Crippen LogP contribution in [0.2, 0.25) is 0 Å². The molecule has 1 unspecified atom stereocenters. The van der Waals surface area contributed by atoms with Gasteiger partial charge in [0.1, 0.15) is 17.1 Å². The average molecular weight is 320 g/mol. The van der Waals surface area contributed by atoms with E-state index >= 15 is 0 Å². The fourth-order valence-electron chi connectivity index (χ4n) is 1.64. The lowest BCUT2D eigenvalue weighted by Crippen LogP contribution is -2.46. The van der Waals surface area contributed by atoms with Gasteiger partial charge in [0.2, 0.25) is 0 Å². The molecule has 0 radical (unpaired) electrons. The van der Waals surface area contributed by atoms with E-state index in [9.17, 15) is 10.2 Å². The van der Waals surface area contributed by atoms with E-state index in [-0.39, 0.29) is 5.75 Å². The molecule has 1 aromatic carbocycles. The zero-order chi connectivity index (χ0) is 11.2. The molecule has 0 fully saturated rings. The highest BCUT2D eigenvalue weighted by Gasteiger charge is 2.35. The Labute approximate surface area is 102 Å². The molecule has 0 bridgehead atoms. The minimum Gasteiger partial charge on any atom is -0.507 e. The maximum Gasteiger partial charge on any atom is 0.132 e. The highest BCUT2D eigenvalue weighted by molar-refractivity contribution is 14.1. The smallest absolute Gasteiger partial charge is 0.132 e. The second kappa shape index (κ2) is 3.52. The van der Waals surface area contributed by atoms with Gasteiger partial charge in [-0.25, -0.2) is 0 Å². The van der Waals surface area contributed by atoms with Crippen LogP contribution in [0.1, 0.15) is 19.4 Å². The third-order valence-electron chi connectivity index (χ3n) is 2.72. The lowest BCUT2D eigenvalue weighted by molar-refractivity contribution is -0.0412. The summed E-state index contributed by atoms with van der Waals surface area (Å²) in [4.78, 5) is 0. The molecule has 0 amide bonds. The molecule has 3 nitrogen and oxygen atoms in total. The Morgan fingerprint density at radius 3 is 2.80 bits per heavy atom. The fourth-order valence-corrected chi connectivity index (χ4v) is 2.18. The van der Waals surface area contributed by atoms with Gasteiger partial charge in [-0.15, -0.1) is 0 Å². The number of fused-ring (bicyclic) bond motifs is 1. The fraction of sp³-hybridized carbons (Fsp3) is 0.455. The first-order valence-electron chi connectivity index (χ1n) is 4.78. The summed E-state index contributed by atoms with van der Waals surface area (Å²) in [7, 11) is 0. The summed E-state index contributed by atoms with van der Waals surface area (Å²) < 4.78 is 6.43. The average Bonchev–Trinajstić information content (AvgIpc) is 2.11. The van der Waals surface area contributed by atoms with Crippen LogP contribution in [-0.2, 0) is 6.42 Å². The molecular weight excluding hydrogens is 307 g/mol. The third-order valence-corrected chi connectivity index (χ3v) is 3.58. The van der Waals surface area contributed by atoms with Gasteiger partial charge >= 0.3 is 0 Å². The van der Waals surface area contributed by atoms with Crippen molar-refractivity contribution in [1.29, 1.82) is 0 Å². The Balaban J connectivity index is 2.46. The van der Waals surface area contributed by atoms with E-state index in [1.165, 1.54) is 0 Å². The van der Waals surface area contributed by atoms with Crippen LogP contribution in [0, 0.1) is 3.57 Å². The maximum absolute atomic E-state index is 9.85. The van der Waals surface area contributed by atoms with Crippen molar-refractivity contribution in [3.05, 3.63) is 21.3 Å². The maximum atomic E-state index is 9.85. The minimum atomic E-state index is -0.591. The predicted octanol–water partition coefficient (Wildman–Crippen LogP) is 2.07. The molecule has 2 rings (SSSR count). The highest BCUT2D eigenvalue weighted by atomic mass is 127. The lowest BCUT2D eigenvalue weighted by atomic mass is 9.91. The van der Waals surface area contributed by atoms with Crippen LogP contribution in [0.25, 0.3) is 0 Å². The van der Waals surface area contributed by atoms with E-state index in [2.05, 4.69) is 22.6 Å². The molecule has 1 aliphatic rings. The SMILES string of the molecule is CC1(C)Oc2cc(O)c(I)cc2CC1O. The van der Waals surface area contributed by atoms with Crippen molar-refractivity contribution in [1.82, 2.24) is 0 Å². The van der Waals surface area contributed by atoms with E-state index in [1.54, 1.807) is 6.07 Å². The first-order valence-corrected chi connectivity index (χ1v) is 5.86. The van der Waals surface area contributed by atoms with Gasteiger partial charge in [0, 0.05) is 12.5 Å². The summed E-state index contributed by atoms with van der Waals surface area (Å²) in [6.45, 7) is 3.69. The van der Waals surface area contributed by atoms with Crippen LogP contribution in [0.4, 0.5) is 0 Å². The third kappa shape index (κ3) is 1.92. The molecule has 0 aliphatic carbocycles. The van der Waals surface area contributed by atoms with Crippen LogP contribution in [0.15, 0.2) is 12.1 Å². The molecule has 1 atom stereocenters. The highest BCUT2D eigenvalue weighted by Crippen LogP contribution is 2.37. The Morgan fingerprint density at radius 2 is 2.13 bits per heavy atom. The van der Waals surface area contributed by atoms with E-state index in [0.29, 0.717) is 12.2 Å². The number of aliphatic hydroxyl groups excluding tert-OH is 1. The zero-order valence-electron chi connectivity index (χ0n) is 8.62. The normalized spacial score (nSPS) is 23.1. The van der Waals surface area contributed by atoms with Crippen molar-refractivity contribution < 1.29 is 14.9 Å². The minimum absolute atomic E-state index is 0.224. The van der Waals surface area contributed by atoms with Gasteiger partial charge in [-0.3, -0.25) is 0 Å². The molecule has 1 aliphatic heterocycles. The molecule has 82 valence electrons. The Bertz CT molecular complexity index is 401. The van der Waals surface area contributed by atoms with Crippen LogP contribution >= 0.6 is 22.6 Å². The molecule has 0 aromatic heterocycles. The zero-order valence-corrected chi connectivity index (χ0v) is 10.8. The molecule has 0 saturated carbocycles. The number of rotatable bonds is 0. The van der Waals surface area contributed by atoms with Gasteiger partial charge in [0.15, 0.2) is 0 Å². The molecule has 1 heterocycles. The van der Waals surface area contributed by atoms with E-state index in [1.807, 2.05) is 19.9 Å². The number of phenolic OH excluding ortho intramolecular Hbond substituents is 1. The molecular formula is C11H13IO3. The van der Waals surface area contributed by atoms with Crippen molar-refractivity contribution in [2.75, 3.05) is 0 Å². The predicted molar refractivity (Wildman–Crippen MR) is 65.2 cm³/mol. The molecule has 1 aromatic rings. The van der Waals surface area contributed by atoms with Crippen molar-refractivity contribution >= 4 is 22.6 Å². The standard InChI is InChI=1S/C11H13IO3/c1-11(2)10(14)4-6-3-7(12)8(13)5-9(6)15-11/h3,5,10,13-14H,4H2,1-2H3. The number of halogens is 1. The largest absolute Gasteiger partial charge is 0.507 e. The topological polar surface area (TPSA) is 49.7 Å². The second-order valence-electron chi connectivity index (χ2n) is 4.34. The summed E-state index contributed by atoms with van der Waals surface area (Å²) in [5, 5.41) is 19.4. The van der Waals surface area contributed by atoms with E-state index in [0.717, 1.165) is 9.13 Å². The molecule has 2 N–H and O–H groups in total. The van der Waals surface area contributed by atoms with Crippen LogP contribution in [0.5, 0.6) is 11.5 Å². The van der Waals surface area contributed by atoms with Crippen molar-refractivity contribution in [2.24, 2.45) is 0 Å². The molecule has 0 saturated heterocycles. The van der Waals surface area contributed by atoms with E-state index < -0.39 is 11.7 Å². The number of hydrogen-bond acceptors (Lipinski definition) is 3. The van der Waals surface area contributed by atoms with Crippen molar-refractivity contribution in [3.8, 4) is 11.5 Å². The number of aliphatic hydroxyl groups is 1. The Kier molecular flexibility index (Phi) is 2.58. The summed E-state index contributed by atoms with van der Waals surface area (Å²) in [6.07, 6.45) is 0.0591. The van der Waals surface area contributed by atoms with Gasteiger partial charge in [-0.1, -0.05) is 0 Å². The Hall–Kier alpha value is -0.490. The van der Waals surface area contributed by atoms with Crippen molar-refractivity contribution in [3.63, 3.8) is 0 Å². The number of hydrogen-bond donors (Lipinski definition) is 2. The van der Waals surface area contributed by atoms with Crippen molar-refractivity contribution in [2.45, 2.75) is 32.0 Å². The monoisotopic (exact) mass is 320 g/mol.